The third-order valence-corrected chi connectivity index (χ3v) is 4.94. The van der Waals surface area contributed by atoms with E-state index >= 15 is 0 Å². The summed E-state index contributed by atoms with van der Waals surface area (Å²) >= 11 is 0. The Hall–Kier alpha value is -0.0800. The van der Waals surface area contributed by atoms with Gasteiger partial charge in [0.25, 0.3) is 0 Å². The fourth-order valence-corrected chi connectivity index (χ4v) is 3.37. The predicted molar refractivity (Wildman–Crippen MR) is 95.0 cm³/mol. The molecular formula is C19H40N2. The average Bonchev–Trinajstić information content (AvgIpc) is 2.50. The van der Waals surface area contributed by atoms with Crippen LogP contribution in [0.15, 0.2) is 0 Å². The molecule has 0 unspecified atom stereocenters. The molecule has 0 spiro atoms. The van der Waals surface area contributed by atoms with Crippen LogP contribution < -0.4 is 5.32 Å². The highest BCUT2D eigenvalue weighted by atomic mass is 15.2. The van der Waals surface area contributed by atoms with Crippen LogP contribution in [0.25, 0.3) is 0 Å². The summed E-state index contributed by atoms with van der Waals surface area (Å²) in [6, 6.07) is 0.742. The maximum absolute atomic E-state index is 3.47. The van der Waals surface area contributed by atoms with Crippen molar-refractivity contribution in [2.75, 3.05) is 26.2 Å². The summed E-state index contributed by atoms with van der Waals surface area (Å²) in [7, 11) is 0. The molecule has 1 atom stereocenters. The zero-order chi connectivity index (χ0) is 15.2. The van der Waals surface area contributed by atoms with E-state index in [2.05, 4.69) is 24.1 Å². The van der Waals surface area contributed by atoms with Crippen LogP contribution in [0.4, 0.5) is 0 Å². The number of nitrogens with zero attached hydrogens (tertiary/aromatic N) is 1. The molecule has 126 valence electrons. The van der Waals surface area contributed by atoms with Gasteiger partial charge in [0.2, 0.25) is 0 Å². The lowest BCUT2D eigenvalue weighted by atomic mass is 10.1. The highest BCUT2D eigenvalue weighted by Gasteiger charge is 2.16. The second-order valence-corrected chi connectivity index (χ2v) is 6.98. The minimum absolute atomic E-state index is 0.742. The number of hydrogen-bond donors (Lipinski definition) is 1. The van der Waals surface area contributed by atoms with Crippen molar-refractivity contribution in [2.45, 2.75) is 96.9 Å². The molecular weight excluding hydrogens is 256 g/mol. The van der Waals surface area contributed by atoms with E-state index in [0.717, 1.165) is 6.04 Å². The summed E-state index contributed by atoms with van der Waals surface area (Å²) in [6.45, 7) is 9.58. The predicted octanol–water partition coefficient (Wildman–Crippen LogP) is 4.98. The summed E-state index contributed by atoms with van der Waals surface area (Å²) in [5.74, 6) is 0. The van der Waals surface area contributed by atoms with Crippen LogP contribution >= 0.6 is 0 Å². The molecule has 21 heavy (non-hydrogen) atoms. The average molecular weight is 297 g/mol. The Morgan fingerprint density at radius 1 is 0.810 bits per heavy atom. The lowest BCUT2D eigenvalue weighted by molar-refractivity contribution is 0.170. The maximum Gasteiger partial charge on any atom is 0.0192 e. The van der Waals surface area contributed by atoms with E-state index in [4.69, 9.17) is 0 Å². The largest absolute Gasteiger partial charge is 0.314 e. The summed E-state index contributed by atoms with van der Waals surface area (Å²) < 4.78 is 0. The first-order valence-corrected chi connectivity index (χ1v) is 9.79. The molecule has 0 aromatic heterocycles. The monoisotopic (exact) mass is 296 g/mol. The van der Waals surface area contributed by atoms with Gasteiger partial charge in [-0.2, -0.15) is 0 Å². The van der Waals surface area contributed by atoms with Gasteiger partial charge in [-0.1, -0.05) is 77.6 Å². The number of nitrogens with one attached hydrogen (secondary N) is 1. The Labute approximate surface area is 134 Å². The van der Waals surface area contributed by atoms with Crippen LogP contribution in [-0.4, -0.2) is 37.1 Å². The molecule has 2 nitrogen and oxygen atoms in total. The van der Waals surface area contributed by atoms with Crippen molar-refractivity contribution in [3.8, 4) is 0 Å². The molecule has 0 bridgehead atoms. The molecule has 0 saturated carbocycles. The first kappa shape index (κ1) is 19.0. The van der Waals surface area contributed by atoms with Crippen molar-refractivity contribution in [1.29, 1.82) is 0 Å². The Bertz CT molecular complexity index is 218. The minimum Gasteiger partial charge on any atom is -0.314 e. The highest BCUT2D eigenvalue weighted by Crippen LogP contribution is 2.12. The molecule has 0 amide bonds. The Morgan fingerprint density at radius 2 is 1.33 bits per heavy atom. The minimum atomic E-state index is 0.742. The van der Waals surface area contributed by atoms with Crippen LogP contribution in [0.5, 0.6) is 0 Å². The molecule has 0 radical (unpaired) electrons. The van der Waals surface area contributed by atoms with Gasteiger partial charge in [0.05, 0.1) is 0 Å². The first-order chi connectivity index (χ1) is 10.3. The van der Waals surface area contributed by atoms with Crippen LogP contribution in [0.3, 0.4) is 0 Å². The van der Waals surface area contributed by atoms with Gasteiger partial charge in [-0.3, -0.25) is 4.90 Å². The van der Waals surface area contributed by atoms with E-state index < -0.39 is 0 Å². The molecule has 0 aromatic rings. The van der Waals surface area contributed by atoms with E-state index in [1.807, 2.05) is 0 Å². The molecule has 1 heterocycles. The van der Waals surface area contributed by atoms with E-state index in [9.17, 15) is 0 Å². The van der Waals surface area contributed by atoms with Gasteiger partial charge in [-0.05, 0) is 19.9 Å². The number of unbranched alkanes of at least 4 members (excludes halogenated alkanes) is 11. The third-order valence-electron chi connectivity index (χ3n) is 4.94. The zero-order valence-corrected chi connectivity index (χ0v) is 14.8. The van der Waals surface area contributed by atoms with E-state index in [0.29, 0.717) is 0 Å². The lowest BCUT2D eigenvalue weighted by Gasteiger charge is -2.33. The molecule has 1 saturated heterocycles. The van der Waals surface area contributed by atoms with Crippen molar-refractivity contribution in [3.05, 3.63) is 0 Å². The maximum atomic E-state index is 3.47. The summed E-state index contributed by atoms with van der Waals surface area (Å²) in [5, 5.41) is 3.47. The Kier molecular flexibility index (Phi) is 12.3. The van der Waals surface area contributed by atoms with Gasteiger partial charge in [0.15, 0.2) is 0 Å². The Morgan fingerprint density at radius 3 is 1.86 bits per heavy atom. The van der Waals surface area contributed by atoms with Crippen molar-refractivity contribution in [3.63, 3.8) is 0 Å². The zero-order valence-electron chi connectivity index (χ0n) is 14.8. The van der Waals surface area contributed by atoms with Gasteiger partial charge < -0.3 is 5.32 Å². The first-order valence-electron chi connectivity index (χ1n) is 9.79. The highest BCUT2D eigenvalue weighted by molar-refractivity contribution is 4.75. The van der Waals surface area contributed by atoms with Gasteiger partial charge in [0, 0.05) is 25.7 Å². The second-order valence-electron chi connectivity index (χ2n) is 6.98. The van der Waals surface area contributed by atoms with E-state index in [1.165, 1.54) is 103 Å². The van der Waals surface area contributed by atoms with Crippen LogP contribution in [0, 0.1) is 0 Å². The second kappa shape index (κ2) is 13.6. The number of hydrogen-bond acceptors (Lipinski definition) is 2. The molecule has 1 aliphatic rings. The van der Waals surface area contributed by atoms with Gasteiger partial charge in [-0.25, -0.2) is 0 Å². The smallest absolute Gasteiger partial charge is 0.0192 e. The van der Waals surface area contributed by atoms with Gasteiger partial charge >= 0.3 is 0 Å². The van der Waals surface area contributed by atoms with Crippen molar-refractivity contribution >= 4 is 0 Å². The van der Waals surface area contributed by atoms with Crippen LogP contribution in [0.2, 0.25) is 0 Å². The van der Waals surface area contributed by atoms with Crippen LogP contribution in [0.1, 0.15) is 90.9 Å². The normalized spacial score (nSPS) is 20.0. The fourth-order valence-electron chi connectivity index (χ4n) is 3.37. The quantitative estimate of drug-likeness (QED) is 0.482. The molecule has 1 fully saturated rings. The van der Waals surface area contributed by atoms with Crippen molar-refractivity contribution in [2.24, 2.45) is 0 Å². The van der Waals surface area contributed by atoms with E-state index in [-0.39, 0.29) is 0 Å². The summed E-state index contributed by atoms with van der Waals surface area (Å²) in [6.07, 6.45) is 17.4. The molecule has 1 aliphatic heterocycles. The van der Waals surface area contributed by atoms with Crippen LogP contribution in [-0.2, 0) is 0 Å². The molecule has 2 heteroatoms. The standard InChI is InChI=1S/C19H40N2/c1-3-4-5-6-7-8-9-10-11-12-13-14-16-21-17-15-20-18-19(21)2/h19-20H,3-18H2,1-2H3/t19-/m0/s1. The molecule has 1 rings (SSSR count). The lowest BCUT2D eigenvalue weighted by Crippen LogP contribution is -2.49. The van der Waals surface area contributed by atoms with Crippen molar-refractivity contribution in [1.82, 2.24) is 10.2 Å². The number of piperazine rings is 1. The topological polar surface area (TPSA) is 15.3 Å². The van der Waals surface area contributed by atoms with Crippen molar-refractivity contribution < 1.29 is 0 Å². The molecule has 0 aromatic carbocycles. The van der Waals surface area contributed by atoms with Gasteiger partial charge in [0.1, 0.15) is 0 Å². The Balaban J connectivity index is 1.76. The third kappa shape index (κ3) is 10.3. The summed E-state index contributed by atoms with van der Waals surface area (Å²) in [4.78, 5) is 2.66. The number of rotatable bonds is 13. The van der Waals surface area contributed by atoms with E-state index in [1.54, 1.807) is 0 Å². The SMILES string of the molecule is CCCCCCCCCCCCCCN1CCNC[C@@H]1C. The fraction of sp³-hybridized carbons (Fsp3) is 1.00. The molecule has 0 aliphatic carbocycles. The van der Waals surface area contributed by atoms with Gasteiger partial charge in [-0.15, -0.1) is 0 Å². The summed E-state index contributed by atoms with van der Waals surface area (Å²) in [5.41, 5.74) is 0. The molecule has 1 N–H and O–H groups in total.